The van der Waals surface area contributed by atoms with Gasteiger partial charge in [-0.3, -0.25) is 9.48 Å². The minimum absolute atomic E-state index is 0.0464. The molecule has 1 saturated carbocycles. The first-order chi connectivity index (χ1) is 11.6. The van der Waals surface area contributed by atoms with Crippen molar-refractivity contribution in [1.29, 1.82) is 0 Å². The molecular weight excluding hydrogens is 322 g/mol. The molecule has 1 amide bonds. The van der Waals surface area contributed by atoms with Gasteiger partial charge in [0.2, 0.25) is 0 Å². The van der Waals surface area contributed by atoms with Crippen LogP contribution >= 0.6 is 11.3 Å². The van der Waals surface area contributed by atoms with Crippen molar-refractivity contribution in [3.63, 3.8) is 0 Å². The molecule has 1 fully saturated rings. The number of hydrogen-bond acceptors (Lipinski definition) is 4. The molecule has 24 heavy (non-hydrogen) atoms. The quantitative estimate of drug-likeness (QED) is 0.837. The number of aryl methyl sites for hydroxylation is 2. The minimum atomic E-state index is -0.0464. The second kappa shape index (κ2) is 6.33. The number of amides is 1. The summed E-state index contributed by atoms with van der Waals surface area (Å²) in [5.74, 6) is 0.837. The number of hydrogen-bond donors (Lipinski definition) is 0. The summed E-state index contributed by atoms with van der Waals surface area (Å²) in [4.78, 5) is 17.0. The summed E-state index contributed by atoms with van der Waals surface area (Å²) in [5, 5.41) is 4.40. The van der Waals surface area contributed by atoms with Crippen LogP contribution in [0, 0.1) is 12.8 Å². The number of carbonyl (C=O) groups is 1. The van der Waals surface area contributed by atoms with Crippen molar-refractivity contribution in [3.05, 3.63) is 39.3 Å². The van der Waals surface area contributed by atoms with Gasteiger partial charge >= 0.3 is 0 Å². The molecule has 0 radical (unpaired) electrons. The molecule has 0 N–H and O–H groups in total. The van der Waals surface area contributed by atoms with Crippen LogP contribution in [0.5, 0.6) is 0 Å². The highest BCUT2D eigenvalue weighted by atomic mass is 32.1. The van der Waals surface area contributed by atoms with E-state index in [0.29, 0.717) is 6.61 Å². The van der Waals surface area contributed by atoms with Gasteiger partial charge in [0.05, 0.1) is 29.4 Å². The van der Waals surface area contributed by atoms with Crippen molar-refractivity contribution in [3.8, 4) is 0 Å². The summed E-state index contributed by atoms with van der Waals surface area (Å²) in [6, 6.07) is 3.90. The number of ether oxygens (including phenoxy) is 1. The zero-order chi connectivity index (χ0) is 16.7. The first-order valence-corrected chi connectivity index (χ1v) is 9.41. The number of nitrogens with zero attached hydrogens (tertiary/aromatic N) is 3. The topological polar surface area (TPSA) is 47.4 Å². The van der Waals surface area contributed by atoms with E-state index in [2.05, 4.69) is 5.10 Å². The fourth-order valence-electron chi connectivity index (χ4n) is 3.39. The molecule has 1 atom stereocenters. The van der Waals surface area contributed by atoms with E-state index in [-0.39, 0.29) is 11.9 Å². The Bertz CT molecular complexity index is 747. The first-order valence-electron chi connectivity index (χ1n) is 8.59. The molecule has 5 nitrogen and oxygen atoms in total. The average molecular weight is 345 g/mol. The highest BCUT2D eigenvalue weighted by molar-refractivity contribution is 7.13. The van der Waals surface area contributed by atoms with E-state index in [9.17, 15) is 4.79 Å². The van der Waals surface area contributed by atoms with Gasteiger partial charge in [-0.2, -0.15) is 5.10 Å². The fraction of sp³-hybridized carbons (Fsp3) is 0.556. The largest absolute Gasteiger partial charge is 0.379 e. The molecule has 0 aromatic carbocycles. The number of rotatable bonds is 5. The Morgan fingerprint density at radius 1 is 1.38 bits per heavy atom. The Labute approximate surface area is 146 Å². The van der Waals surface area contributed by atoms with Crippen molar-refractivity contribution in [2.75, 3.05) is 19.8 Å². The van der Waals surface area contributed by atoms with Gasteiger partial charge in [0.15, 0.2) is 0 Å². The lowest BCUT2D eigenvalue weighted by molar-refractivity contribution is 0.0351. The number of thiophene rings is 1. The number of aromatic nitrogens is 2. The summed E-state index contributed by atoms with van der Waals surface area (Å²) in [7, 11) is 1.95. The predicted molar refractivity (Wildman–Crippen MR) is 93.3 cm³/mol. The molecular formula is C18H23N3O2S. The molecule has 6 heteroatoms. The Morgan fingerprint density at radius 3 is 2.92 bits per heavy atom. The third-order valence-corrected chi connectivity index (χ3v) is 5.91. The van der Waals surface area contributed by atoms with E-state index in [1.165, 1.54) is 18.4 Å². The smallest absolute Gasteiger partial charge is 0.264 e. The second-order valence-electron chi connectivity index (χ2n) is 6.83. The molecule has 2 aromatic heterocycles. The number of fused-ring (bicyclic) bond motifs is 1. The molecule has 4 rings (SSSR count). The van der Waals surface area contributed by atoms with Crippen molar-refractivity contribution in [1.82, 2.24) is 14.7 Å². The highest BCUT2D eigenvalue weighted by Crippen LogP contribution is 2.33. The molecule has 0 saturated heterocycles. The second-order valence-corrected chi connectivity index (χ2v) is 8.12. The molecule has 1 aliphatic heterocycles. The van der Waals surface area contributed by atoms with Crippen LogP contribution in [-0.2, 0) is 18.2 Å². The Kier molecular flexibility index (Phi) is 4.18. The minimum Gasteiger partial charge on any atom is -0.379 e. The lowest BCUT2D eigenvalue weighted by Crippen LogP contribution is -2.42. The van der Waals surface area contributed by atoms with E-state index in [1.807, 2.05) is 41.9 Å². The monoisotopic (exact) mass is 345 g/mol. The van der Waals surface area contributed by atoms with Crippen LogP contribution in [0.3, 0.4) is 0 Å². The van der Waals surface area contributed by atoms with Gasteiger partial charge in [-0.15, -0.1) is 11.3 Å². The van der Waals surface area contributed by atoms with E-state index in [1.54, 1.807) is 11.3 Å². The lowest BCUT2D eigenvalue weighted by atomic mass is 10.00. The third kappa shape index (κ3) is 3.00. The van der Waals surface area contributed by atoms with Crippen LogP contribution in [-0.4, -0.2) is 40.3 Å². The Balaban J connectivity index is 1.58. The molecule has 1 unspecified atom stereocenters. The standard InChI is InChI=1S/C18H23N3O2S/c1-12-3-6-16(24-12)18(22)21-8-7-14-9-19-20(2)17(14)15(21)11-23-10-13-4-5-13/h3,6,9,13,15H,4-5,7-8,10-11H2,1-2H3. The van der Waals surface area contributed by atoms with E-state index in [4.69, 9.17) is 4.74 Å². The highest BCUT2D eigenvalue weighted by Gasteiger charge is 2.35. The van der Waals surface area contributed by atoms with Crippen LogP contribution in [0.4, 0.5) is 0 Å². The normalized spacial score (nSPS) is 20.2. The SMILES string of the molecule is Cc1ccc(C(=O)N2CCc3cnn(C)c3C2COCC2CC2)s1. The van der Waals surface area contributed by atoms with Crippen LogP contribution in [0.1, 0.15) is 44.7 Å². The molecule has 0 spiro atoms. The van der Waals surface area contributed by atoms with Crippen LogP contribution < -0.4 is 0 Å². The predicted octanol–water partition coefficient (Wildman–Crippen LogP) is 2.96. The van der Waals surface area contributed by atoms with Gasteiger partial charge in [-0.1, -0.05) is 0 Å². The van der Waals surface area contributed by atoms with Crippen LogP contribution in [0.25, 0.3) is 0 Å². The molecule has 2 aromatic rings. The van der Waals surface area contributed by atoms with Gasteiger partial charge in [-0.25, -0.2) is 0 Å². The van der Waals surface area contributed by atoms with E-state index in [0.717, 1.165) is 40.9 Å². The Morgan fingerprint density at radius 2 is 2.21 bits per heavy atom. The fourth-order valence-corrected chi connectivity index (χ4v) is 4.22. The maximum atomic E-state index is 13.0. The molecule has 128 valence electrons. The summed E-state index contributed by atoms with van der Waals surface area (Å²) < 4.78 is 7.87. The number of carbonyl (C=O) groups excluding carboxylic acids is 1. The van der Waals surface area contributed by atoms with Crippen molar-refractivity contribution in [2.24, 2.45) is 13.0 Å². The van der Waals surface area contributed by atoms with Crippen molar-refractivity contribution >= 4 is 17.2 Å². The summed E-state index contributed by atoms with van der Waals surface area (Å²) in [5.41, 5.74) is 2.36. The summed E-state index contributed by atoms with van der Waals surface area (Å²) in [6.45, 7) is 4.13. The van der Waals surface area contributed by atoms with Gasteiger partial charge in [0.1, 0.15) is 0 Å². The molecule has 1 aliphatic carbocycles. The first kappa shape index (κ1) is 15.8. The van der Waals surface area contributed by atoms with Gasteiger partial charge in [-0.05, 0) is 49.8 Å². The van der Waals surface area contributed by atoms with Gasteiger partial charge in [0.25, 0.3) is 5.91 Å². The van der Waals surface area contributed by atoms with Crippen molar-refractivity contribution in [2.45, 2.75) is 32.2 Å². The summed E-state index contributed by atoms with van der Waals surface area (Å²) in [6.07, 6.45) is 5.34. The zero-order valence-electron chi connectivity index (χ0n) is 14.2. The third-order valence-electron chi connectivity index (χ3n) is 4.92. The maximum Gasteiger partial charge on any atom is 0.264 e. The van der Waals surface area contributed by atoms with Crippen LogP contribution in [0.2, 0.25) is 0 Å². The molecule has 0 bridgehead atoms. The van der Waals surface area contributed by atoms with Crippen LogP contribution in [0.15, 0.2) is 18.3 Å². The maximum absolute atomic E-state index is 13.0. The molecule has 3 heterocycles. The zero-order valence-corrected chi connectivity index (χ0v) is 15.0. The summed E-state index contributed by atoms with van der Waals surface area (Å²) >= 11 is 1.56. The van der Waals surface area contributed by atoms with Crippen molar-refractivity contribution < 1.29 is 9.53 Å². The average Bonchev–Trinajstić information content (AvgIpc) is 3.17. The van der Waals surface area contributed by atoms with Gasteiger partial charge < -0.3 is 9.64 Å². The van der Waals surface area contributed by atoms with E-state index >= 15 is 0 Å². The Hall–Kier alpha value is -1.66. The lowest BCUT2D eigenvalue weighted by Gasteiger charge is -2.35. The molecule has 2 aliphatic rings. The van der Waals surface area contributed by atoms with Gasteiger partial charge in [0, 0.05) is 25.1 Å². The van der Waals surface area contributed by atoms with E-state index < -0.39 is 0 Å².